The average Bonchev–Trinajstić information content (AvgIpc) is 2.61. The summed E-state index contributed by atoms with van der Waals surface area (Å²) in [6.07, 6.45) is 0.317. The van der Waals surface area contributed by atoms with E-state index >= 15 is 0 Å². The van der Waals surface area contributed by atoms with Crippen LogP contribution in [-0.4, -0.2) is 9.97 Å². The Kier molecular flexibility index (Phi) is 3.07. The van der Waals surface area contributed by atoms with E-state index in [1.807, 2.05) is 31.2 Å². The van der Waals surface area contributed by atoms with Crippen molar-refractivity contribution in [3.8, 4) is 17.3 Å². The minimum atomic E-state index is 0.317. The van der Waals surface area contributed by atoms with E-state index in [2.05, 4.69) is 32.0 Å². The highest BCUT2D eigenvalue weighted by atomic mass is 79.9. The Hall–Kier alpha value is -1.60. The highest BCUT2D eigenvalue weighted by molar-refractivity contribution is 9.10. The van der Waals surface area contributed by atoms with Crippen LogP contribution in [0.1, 0.15) is 11.5 Å². The normalized spacial score (nSPS) is 10.1. The fourth-order valence-corrected chi connectivity index (χ4v) is 1.83. The summed E-state index contributed by atoms with van der Waals surface area (Å²) in [6, 6.07) is 10.0. The molecule has 4 heteroatoms. The number of H-pyrrole nitrogens is 1. The number of aryl methyl sites for hydroxylation is 1. The van der Waals surface area contributed by atoms with E-state index in [0.717, 1.165) is 27.2 Å². The lowest BCUT2D eigenvalue weighted by atomic mass is 10.1. The zero-order valence-corrected chi connectivity index (χ0v) is 10.4. The Balaban J connectivity index is 2.40. The first-order chi connectivity index (χ1) is 7.70. The van der Waals surface area contributed by atoms with Gasteiger partial charge in [-0.3, -0.25) is 0 Å². The monoisotopic (exact) mass is 275 g/mol. The highest BCUT2D eigenvalue weighted by Crippen LogP contribution is 2.23. The van der Waals surface area contributed by atoms with Crippen molar-refractivity contribution in [1.29, 1.82) is 5.26 Å². The standard InChI is InChI=1S/C12H10BrN3/c1-8-12(16-11(15-8)6-7-14)9-2-4-10(13)5-3-9/h2-5H,6H2,1H3,(H,15,16). The number of hydrogen-bond acceptors (Lipinski definition) is 2. The molecule has 0 atom stereocenters. The minimum Gasteiger partial charge on any atom is -0.345 e. The van der Waals surface area contributed by atoms with Gasteiger partial charge in [0, 0.05) is 15.7 Å². The molecule has 0 fully saturated rings. The van der Waals surface area contributed by atoms with E-state index < -0.39 is 0 Å². The van der Waals surface area contributed by atoms with Crippen LogP contribution in [0, 0.1) is 18.3 Å². The number of benzene rings is 1. The zero-order valence-electron chi connectivity index (χ0n) is 8.79. The average molecular weight is 276 g/mol. The molecule has 0 aliphatic rings. The summed E-state index contributed by atoms with van der Waals surface area (Å²) in [7, 11) is 0. The van der Waals surface area contributed by atoms with Crippen molar-refractivity contribution >= 4 is 15.9 Å². The van der Waals surface area contributed by atoms with Crippen molar-refractivity contribution in [2.24, 2.45) is 0 Å². The fraction of sp³-hybridized carbons (Fsp3) is 0.167. The first kappa shape index (κ1) is 10.9. The summed E-state index contributed by atoms with van der Waals surface area (Å²) in [6.45, 7) is 1.96. The van der Waals surface area contributed by atoms with E-state index in [1.165, 1.54) is 0 Å². The quantitative estimate of drug-likeness (QED) is 0.915. The topological polar surface area (TPSA) is 52.5 Å². The second-order valence-corrected chi connectivity index (χ2v) is 4.41. The molecule has 0 saturated heterocycles. The van der Waals surface area contributed by atoms with Crippen LogP contribution in [0.25, 0.3) is 11.3 Å². The number of rotatable bonds is 2. The Morgan fingerprint density at radius 1 is 1.38 bits per heavy atom. The molecule has 1 aromatic heterocycles. The van der Waals surface area contributed by atoms with Crippen LogP contribution in [0.2, 0.25) is 0 Å². The molecule has 0 amide bonds. The molecule has 80 valence electrons. The Bertz CT molecular complexity index is 534. The summed E-state index contributed by atoms with van der Waals surface area (Å²) < 4.78 is 1.04. The molecule has 2 rings (SSSR count). The summed E-state index contributed by atoms with van der Waals surface area (Å²) in [5.41, 5.74) is 2.96. The predicted molar refractivity (Wildman–Crippen MR) is 65.8 cm³/mol. The molecule has 1 N–H and O–H groups in total. The molecule has 0 bridgehead atoms. The van der Waals surface area contributed by atoms with Crippen molar-refractivity contribution in [2.75, 3.05) is 0 Å². The molecular formula is C12H10BrN3. The largest absolute Gasteiger partial charge is 0.345 e. The Labute approximate surface area is 102 Å². The van der Waals surface area contributed by atoms with Crippen molar-refractivity contribution in [2.45, 2.75) is 13.3 Å². The number of hydrogen-bond donors (Lipinski definition) is 1. The van der Waals surface area contributed by atoms with E-state index in [1.54, 1.807) is 0 Å². The van der Waals surface area contributed by atoms with Gasteiger partial charge in [-0.2, -0.15) is 5.26 Å². The Morgan fingerprint density at radius 3 is 2.69 bits per heavy atom. The number of aromatic amines is 1. The molecule has 0 aliphatic carbocycles. The van der Waals surface area contributed by atoms with Gasteiger partial charge in [0.05, 0.1) is 18.2 Å². The number of halogens is 1. The maximum absolute atomic E-state index is 8.61. The van der Waals surface area contributed by atoms with Crippen molar-refractivity contribution in [1.82, 2.24) is 9.97 Å². The maximum atomic E-state index is 8.61. The highest BCUT2D eigenvalue weighted by Gasteiger charge is 2.08. The molecule has 0 unspecified atom stereocenters. The summed E-state index contributed by atoms with van der Waals surface area (Å²) in [5.74, 6) is 0.720. The molecule has 0 spiro atoms. The van der Waals surface area contributed by atoms with Crippen LogP contribution >= 0.6 is 15.9 Å². The molecule has 16 heavy (non-hydrogen) atoms. The van der Waals surface area contributed by atoms with Crippen molar-refractivity contribution in [3.63, 3.8) is 0 Å². The van der Waals surface area contributed by atoms with Gasteiger partial charge in [-0.1, -0.05) is 28.1 Å². The number of nitriles is 1. The van der Waals surface area contributed by atoms with Gasteiger partial charge in [-0.15, -0.1) is 0 Å². The lowest BCUT2D eigenvalue weighted by molar-refractivity contribution is 1.05. The summed E-state index contributed by atoms with van der Waals surface area (Å²) in [5, 5.41) is 8.61. The smallest absolute Gasteiger partial charge is 0.121 e. The fourth-order valence-electron chi connectivity index (χ4n) is 1.57. The van der Waals surface area contributed by atoms with E-state index in [4.69, 9.17) is 5.26 Å². The third kappa shape index (κ3) is 2.15. The molecule has 1 aromatic carbocycles. The van der Waals surface area contributed by atoms with Gasteiger partial charge in [-0.25, -0.2) is 4.98 Å². The third-order valence-corrected chi connectivity index (χ3v) is 2.83. The zero-order chi connectivity index (χ0) is 11.5. The van der Waals surface area contributed by atoms with Crippen molar-refractivity contribution < 1.29 is 0 Å². The molecule has 3 nitrogen and oxygen atoms in total. The van der Waals surface area contributed by atoms with E-state index in [9.17, 15) is 0 Å². The number of aromatic nitrogens is 2. The van der Waals surface area contributed by atoms with Crippen LogP contribution in [-0.2, 0) is 6.42 Å². The van der Waals surface area contributed by atoms with Gasteiger partial charge >= 0.3 is 0 Å². The second kappa shape index (κ2) is 4.50. The molecule has 2 aromatic rings. The molecule has 0 radical (unpaired) electrons. The van der Waals surface area contributed by atoms with E-state index in [-0.39, 0.29) is 0 Å². The first-order valence-corrected chi connectivity index (χ1v) is 5.68. The molecule has 1 heterocycles. The van der Waals surface area contributed by atoms with Gasteiger partial charge < -0.3 is 4.98 Å². The number of imidazole rings is 1. The van der Waals surface area contributed by atoms with Gasteiger partial charge in [0.15, 0.2) is 0 Å². The first-order valence-electron chi connectivity index (χ1n) is 4.89. The van der Waals surface area contributed by atoms with Gasteiger partial charge in [0.25, 0.3) is 0 Å². The maximum Gasteiger partial charge on any atom is 0.121 e. The molecule has 0 aliphatic heterocycles. The van der Waals surface area contributed by atoms with Gasteiger partial charge in [-0.05, 0) is 19.1 Å². The number of nitrogens with one attached hydrogen (secondary N) is 1. The molecule has 0 saturated carbocycles. The lowest BCUT2D eigenvalue weighted by Gasteiger charge is -1.98. The SMILES string of the molecule is Cc1[nH]c(CC#N)nc1-c1ccc(Br)cc1. The van der Waals surface area contributed by atoms with Crippen molar-refractivity contribution in [3.05, 3.63) is 40.3 Å². The summed E-state index contributed by atoms with van der Waals surface area (Å²) in [4.78, 5) is 7.52. The van der Waals surface area contributed by atoms with Crippen LogP contribution in [0.3, 0.4) is 0 Å². The third-order valence-electron chi connectivity index (χ3n) is 2.30. The predicted octanol–water partition coefficient (Wildman–Crippen LogP) is 3.21. The van der Waals surface area contributed by atoms with Crippen LogP contribution < -0.4 is 0 Å². The summed E-state index contributed by atoms with van der Waals surface area (Å²) >= 11 is 3.40. The number of nitrogens with zero attached hydrogens (tertiary/aromatic N) is 2. The second-order valence-electron chi connectivity index (χ2n) is 3.50. The Morgan fingerprint density at radius 2 is 2.06 bits per heavy atom. The van der Waals surface area contributed by atoms with E-state index in [0.29, 0.717) is 6.42 Å². The lowest BCUT2D eigenvalue weighted by Crippen LogP contribution is -1.83. The van der Waals surface area contributed by atoms with Crippen LogP contribution in [0.5, 0.6) is 0 Å². The minimum absolute atomic E-state index is 0.317. The molecular weight excluding hydrogens is 266 g/mol. The van der Waals surface area contributed by atoms with Crippen LogP contribution in [0.4, 0.5) is 0 Å². The van der Waals surface area contributed by atoms with Gasteiger partial charge in [0.1, 0.15) is 5.82 Å². The van der Waals surface area contributed by atoms with Crippen LogP contribution in [0.15, 0.2) is 28.7 Å². The van der Waals surface area contributed by atoms with Gasteiger partial charge in [0.2, 0.25) is 0 Å².